The number of nitrogens with two attached hydrogens (primary N) is 1. The molecule has 0 saturated carbocycles. The lowest BCUT2D eigenvalue weighted by Crippen LogP contribution is -2.67. The minimum atomic E-state index is -4.29. The third-order valence-corrected chi connectivity index (χ3v) is 8.02. The Morgan fingerprint density at radius 1 is 0.939 bits per heavy atom. The summed E-state index contributed by atoms with van der Waals surface area (Å²) in [6.45, 7) is 3.12. The van der Waals surface area contributed by atoms with Gasteiger partial charge in [-0.2, -0.15) is 4.72 Å². The van der Waals surface area contributed by atoms with Gasteiger partial charge < -0.3 is 15.6 Å². The lowest BCUT2D eigenvalue weighted by Gasteiger charge is -2.39. The van der Waals surface area contributed by atoms with E-state index >= 15 is 0 Å². The minimum Gasteiger partial charge on any atom is -0.457 e. The zero-order valence-corrected chi connectivity index (χ0v) is 19.9. The molecule has 0 aliphatic heterocycles. The number of hydrogen-bond donors (Lipinski definition) is 3. The molecule has 1 unspecified atom stereocenters. The van der Waals surface area contributed by atoms with E-state index in [2.05, 4.69) is 4.72 Å². The van der Waals surface area contributed by atoms with Crippen LogP contribution in [-0.2, 0) is 20.6 Å². The average Bonchev–Trinajstić information content (AvgIpc) is 2.79. The first-order valence-corrected chi connectivity index (χ1v) is 12.6. The number of amides is 1. The summed E-state index contributed by atoms with van der Waals surface area (Å²) in [7, 11) is -4.29. The van der Waals surface area contributed by atoms with Crippen molar-refractivity contribution in [2.75, 3.05) is 0 Å². The second-order valence-electron chi connectivity index (χ2n) is 7.85. The highest BCUT2D eigenvalue weighted by Crippen LogP contribution is 2.37. The number of hydrogen-bond acceptors (Lipinski definition) is 6. The van der Waals surface area contributed by atoms with E-state index in [0.717, 1.165) is 5.56 Å². The summed E-state index contributed by atoms with van der Waals surface area (Å²) >= 11 is 1.21. The van der Waals surface area contributed by atoms with Gasteiger partial charge in [0.1, 0.15) is 11.5 Å². The van der Waals surface area contributed by atoms with Gasteiger partial charge in [0.15, 0.2) is 0 Å². The van der Waals surface area contributed by atoms with Crippen LogP contribution in [0.3, 0.4) is 0 Å². The maximum Gasteiger partial charge on any atom is 0.267 e. The molecule has 0 aromatic heterocycles. The SMILES string of the molecule is CC(C)(SCc1ccccc1)C(O)(NS(=O)(=O)c1ccc(Oc2ccccc2)cc1)C(N)=O. The third kappa shape index (κ3) is 5.94. The highest BCUT2D eigenvalue weighted by molar-refractivity contribution is 8.00. The van der Waals surface area contributed by atoms with Gasteiger partial charge in [-0.05, 0) is 55.8 Å². The van der Waals surface area contributed by atoms with E-state index in [-0.39, 0.29) is 4.90 Å². The molecule has 174 valence electrons. The van der Waals surface area contributed by atoms with Crippen molar-refractivity contribution in [2.24, 2.45) is 5.73 Å². The summed E-state index contributed by atoms with van der Waals surface area (Å²) in [5.41, 5.74) is 3.89. The van der Waals surface area contributed by atoms with Gasteiger partial charge in [0, 0.05) is 5.75 Å². The largest absolute Gasteiger partial charge is 0.457 e. The summed E-state index contributed by atoms with van der Waals surface area (Å²) < 4.78 is 32.5. The first kappa shape index (κ1) is 24.8. The Bertz CT molecular complexity index is 1180. The van der Waals surface area contributed by atoms with Crippen molar-refractivity contribution in [3.63, 3.8) is 0 Å². The van der Waals surface area contributed by atoms with Crippen LogP contribution in [0.25, 0.3) is 0 Å². The van der Waals surface area contributed by atoms with Crippen molar-refractivity contribution in [3.8, 4) is 11.5 Å². The van der Waals surface area contributed by atoms with E-state index in [1.54, 1.807) is 26.0 Å². The predicted molar refractivity (Wildman–Crippen MR) is 129 cm³/mol. The number of sulfonamides is 1. The second kappa shape index (κ2) is 9.96. The summed E-state index contributed by atoms with van der Waals surface area (Å²) in [6.07, 6.45) is 0. The summed E-state index contributed by atoms with van der Waals surface area (Å²) in [4.78, 5) is 12.1. The molecule has 0 saturated heterocycles. The quantitative estimate of drug-likeness (QED) is 0.377. The number of primary amides is 1. The first-order chi connectivity index (χ1) is 15.5. The Morgan fingerprint density at radius 3 is 2.00 bits per heavy atom. The number of para-hydroxylation sites is 1. The Balaban J connectivity index is 1.78. The van der Waals surface area contributed by atoms with Gasteiger partial charge in [-0.25, -0.2) is 8.42 Å². The van der Waals surface area contributed by atoms with Crippen molar-refractivity contribution in [3.05, 3.63) is 90.5 Å². The Morgan fingerprint density at radius 2 is 1.45 bits per heavy atom. The van der Waals surface area contributed by atoms with Crippen LogP contribution in [0.5, 0.6) is 11.5 Å². The van der Waals surface area contributed by atoms with Gasteiger partial charge in [-0.1, -0.05) is 48.5 Å². The standard InChI is InChI=1S/C24H26N2O5S2/c1-23(2,32-17-18-9-5-3-6-10-18)24(28,22(25)27)26-33(29,30)21-15-13-20(14-16-21)31-19-11-7-4-8-12-19/h3-16,26,28H,17H2,1-2H3,(H2,25,27). The molecular weight excluding hydrogens is 460 g/mol. The van der Waals surface area contributed by atoms with Gasteiger partial charge in [-0.15, -0.1) is 11.8 Å². The highest BCUT2D eigenvalue weighted by Gasteiger charge is 2.52. The topological polar surface area (TPSA) is 119 Å². The molecule has 4 N–H and O–H groups in total. The molecule has 0 radical (unpaired) electrons. The fourth-order valence-corrected chi connectivity index (χ4v) is 5.48. The molecule has 33 heavy (non-hydrogen) atoms. The molecule has 1 amide bonds. The maximum atomic E-state index is 13.0. The summed E-state index contributed by atoms with van der Waals surface area (Å²) in [6, 6.07) is 24.1. The zero-order valence-electron chi connectivity index (χ0n) is 18.3. The van der Waals surface area contributed by atoms with E-state index in [1.165, 1.54) is 36.0 Å². The van der Waals surface area contributed by atoms with E-state index in [1.807, 2.05) is 48.5 Å². The summed E-state index contributed by atoms with van der Waals surface area (Å²) in [5, 5.41) is 11.1. The van der Waals surface area contributed by atoms with Crippen LogP contribution in [0, 0.1) is 0 Å². The number of thioether (sulfide) groups is 1. The Labute approximate surface area is 198 Å². The number of nitrogens with one attached hydrogen (secondary N) is 1. The summed E-state index contributed by atoms with van der Waals surface area (Å²) in [5.74, 6) is 0.285. The monoisotopic (exact) mass is 486 g/mol. The molecule has 3 rings (SSSR count). The highest BCUT2D eigenvalue weighted by atomic mass is 32.2. The van der Waals surface area contributed by atoms with Gasteiger partial charge >= 0.3 is 0 Å². The molecule has 7 nitrogen and oxygen atoms in total. The molecule has 0 aliphatic rings. The molecule has 0 heterocycles. The van der Waals surface area contributed by atoms with E-state index in [0.29, 0.717) is 17.3 Å². The number of carbonyl (C=O) groups is 1. The number of carbonyl (C=O) groups excluding carboxylic acids is 1. The van der Waals surface area contributed by atoms with E-state index in [9.17, 15) is 18.3 Å². The van der Waals surface area contributed by atoms with Gasteiger partial charge in [-0.3, -0.25) is 4.79 Å². The number of rotatable bonds is 10. The molecule has 0 fully saturated rings. The fraction of sp³-hybridized carbons (Fsp3) is 0.208. The molecule has 1 atom stereocenters. The normalized spacial score (nSPS) is 13.8. The molecular formula is C24H26N2O5S2. The lowest BCUT2D eigenvalue weighted by atomic mass is 9.99. The van der Waals surface area contributed by atoms with Crippen molar-refractivity contribution >= 4 is 27.7 Å². The molecule has 0 bridgehead atoms. The molecule has 3 aromatic rings. The van der Waals surface area contributed by atoms with Gasteiger partial charge in [0.25, 0.3) is 5.91 Å². The van der Waals surface area contributed by atoms with Crippen LogP contribution in [-0.4, -0.2) is 29.9 Å². The number of benzene rings is 3. The van der Waals surface area contributed by atoms with Gasteiger partial charge in [0.2, 0.25) is 15.7 Å². The number of ether oxygens (including phenoxy) is 1. The van der Waals surface area contributed by atoms with E-state index in [4.69, 9.17) is 10.5 Å². The first-order valence-electron chi connectivity index (χ1n) is 10.1. The van der Waals surface area contributed by atoms with Crippen LogP contribution < -0.4 is 15.2 Å². The van der Waals surface area contributed by atoms with Crippen molar-refractivity contribution in [1.82, 2.24) is 4.72 Å². The molecule has 0 spiro atoms. The Kier molecular flexibility index (Phi) is 7.48. The predicted octanol–water partition coefficient (Wildman–Crippen LogP) is 3.64. The minimum absolute atomic E-state index is 0.147. The lowest BCUT2D eigenvalue weighted by molar-refractivity contribution is -0.140. The van der Waals surface area contributed by atoms with E-state index < -0.39 is 26.4 Å². The average molecular weight is 487 g/mol. The van der Waals surface area contributed by atoms with Crippen LogP contribution in [0.1, 0.15) is 19.4 Å². The van der Waals surface area contributed by atoms with Crippen LogP contribution >= 0.6 is 11.8 Å². The second-order valence-corrected chi connectivity index (χ2v) is 11.1. The molecule has 9 heteroatoms. The smallest absolute Gasteiger partial charge is 0.267 e. The fourth-order valence-electron chi connectivity index (χ4n) is 2.98. The van der Waals surface area contributed by atoms with Crippen molar-refractivity contribution in [1.29, 1.82) is 0 Å². The van der Waals surface area contributed by atoms with Crippen LogP contribution in [0.4, 0.5) is 0 Å². The molecule has 3 aromatic carbocycles. The van der Waals surface area contributed by atoms with Crippen LogP contribution in [0.15, 0.2) is 89.8 Å². The van der Waals surface area contributed by atoms with Gasteiger partial charge in [0.05, 0.1) is 9.64 Å². The number of aliphatic hydroxyl groups is 1. The van der Waals surface area contributed by atoms with Crippen molar-refractivity contribution in [2.45, 2.75) is 35.0 Å². The molecule has 0 aliphatic carbocycles. The third-order valence-electron chi connectivity index (χ3n) is 5.07. The zero-order chi connectivity index (χ0) is 24.1. The van der Waals surface area contributed by atoms with Crippen molar-refractivity contribution < 1.29 is 23.1 Å². The Hall–Kier alpha value is -2.85. The van der Waals surface area contributed by atoms with Crippen LogP contribution in [0.2, 0.25) is 0 Å². The maximum absolute atomic E-state index is 13.0.